The molecule has 0 atom stereocenters. The molecule has 1 aliphatic carbocycles. The molecule has 1 aromatic carbocycles. The number of benzene rings is 1. The first-order valence-electron chi connectivity index (χ1n) is 5.61. The number of non-ortho nitro benzene ring substituents is 1. The predicted octanol–water partition coefficient (Wildman–Crippen LogP) is 3.05. The van der Waals surface area contributed by atoms with Crippen molar-refractivity contribution in [1.82, 2.24) is 0 Å². The van der Waals surface area contributed by atoms with Crippen LogP contribution in [0.3, 0.4) is 0 Å². The van der Waals surface area contributed by atoms with E-state index < -0.39 is 16.3 Å². The van der Waals surface area contributed by atoms with Gasteiger partial charge in [0.1, 0.15) is 0 Å². The van der Waals surface area contributed by atoms with Crippen LogP contribution in [0, 0.1) is 15.5 Å². The van der Waals surface area contributed by atoms with E-state index >= 15 is 0 Å². The van der Waals surface area contributed by atoms with Gasteiger partial charge >= 0.3 is 5.97 Å². The number of hydrogen-bond acceptors (Lipinski definition) is 3. The average Bonchev–Trinajstić information content (AvgIpc) is 2.24. The Morgan fingerprint density at radius 2 is 2.17 bits per heavy atom. The molecule has 1 fully saturated rings. The van der Waals surface area contributed by atoms with Gasteiger partial charge < -0.3 is 5.11 Å². The highest BCUT2D eigenvalue weighted by atomic mass is 35.5. The van der Waals surface area contributed by atoms with E-state index in [1.165, 1.54) is 12.1 Å². The van der Waals surface area contributed by atoms with Crippen LogP contribution in [0.25, 0.3) is 0 Å². The van der Waals surface area contributed by atoms with Gasteiger partial charge in [-0.2, -0.15) is 0 Å². The van der Waals surface area contributed by atoms with E-state index in [-0.39, 0.29) is 10.7 Å². The van der Waals surface area contributed by atoms with Crippen LogP contribution in [-0.4, -0.2) is 16.0 Å². The predicted molar refractivity (Wildman–Crippen MR) is 65.7 cm³/mol. The average molecular weight is 270 g/mol. The summed E-state index contributed by atoms with van der Waals surface area (Å²) in [5, 5.41) is 20.1. The van der Waals surface area contributed by atoms with E-state index in [1.54, 1.807) is 6.07 Å². The number of rotatable bonds is 4. The molecule has 0 aromatic heterocycles. The van der Waals surface area contributed by atoms with Crippen molar-refractivity contribution in [3.8, 4) is 0 Å². The quantitative estimate of drug-likeness (QED) is 0.673. The van der Waals surface area contributed by atoms with Crippen LogP contribution in [0.4, 0.5) is 5.69 Å². The highest BCUT2D eigenvalue weighted by molar-refractivity contribution is 6.31. The van der Waals surface area contributed by atoms with Gasteiger partial charge in [-0.1, -0.05) is 24.1 Å². The van der Waals surface area contributed by atoms with E-state index in [9.17, 15) is 20.0 Å². The van der Waals surface area contributed by atoms with E-state index in [0.717, 1.165) is 6.42 Å². The van der Waals surface area contributed by atoms with Gasteiger partial charge in [0.25, 0.3) is 5.69 Å². The molecule has 0 bridgehead atoms. The Bertz CT molecular complexity index is 511. The smallest absolute Gasteiger partial charge is 0.309 e. The van der Waals surface area contributed by atoms with Gasteiger partial charge in [0.2, 0.25) is 0 Å². The highest BCUT2D eigenvalue weighted by Gasteiger charge is 2.44. The molecule has 0 amide bonds. The molecule has 6 heteroatoms. The summed E-state index contributed by atoms with van der Waals surface area (Å²) in [7, 11) is 0. The molecule has 0 heterocycles. The third-order valence-electron chi connectivity index (χ3n) is 3.54. The third-order valence-corrected chi connectivity index (χ3v) is 3.89. The first kappa shape index (κ1) is 12.8. The van der Waals surface area contributed by atoms with Crippen LogP contribution < -0.4 is 0 Å². The van der Waals surface area contributed by atoms with Crippen LogP contribution in [0.2, 0.25) is 5.02 Å². The largest absolute Gasteiger partial charge is 0.481 e. The van der Waals surface area contributed by atoms with Crippen molar-refractivity contribution < 1.29 is 14.8 Å². The first-order chi connectivity index (χ1) is 8.44. The van der Waals surface area contributed by atoms with Crippen LogP contribution in [0.5, 0.6) is 0 Å². The molecule has 0 unspecified atom stereocenters. The number of halogens is 1. The van der Waals surface area contributed by atoms with E-state index in [4.69, 9.17) is 11.6 Å². The zero-order valence-electron chi connectivity index (χ0n) is 9.56. The summed E-state index contributed by atoms with van der Waals surface area (Å²) in [6, 6.07) is 4.17. The summed E-state index contributed by atoms with van der Waals surface area (Å²) in [6.07, 6.45) is 2.50. The Hall–Kier alpha value is -1.62. The van der Waals surface area contributed by atoms with E-state index in [0.29, 0.717) is 24.8 Å². The second-order valence-corrected chi connectivity index (χ2v) is 5.06. The Balaban J connectivity index is 2.24. The standard InChI is InChI=1S/C12H12ClNO4/c13-10-6-9(14(17)18)3-2-8(10)7-12(11(15)16)4-1-5-12/h2-3,6H,1,4-5,7H2,(H,15,16). The van der Waals surface area contributed by atoms with Gasteiger partial charge in [-0.3, -0.25) is 14.9 Å². The summed E-state index contributed by atoms with van der Waals surface area (Å²) >= 11 is 5.97. The Morgan fingerprint density at radius 1 is 1.50 bits per heavy atom. The molecule has 1 aromatic rings. The SMILES string of the molecule is O=C(O)C1(Cc2ccc([N+](=O)[O-])cc2Cl)CCC1. The zero-order chi connectivity index (χ0) is 13.3. The summed E-state index contributed by atoms with van der Waals surface area (Å²) in [6.45, 7) is 0. The summed E-state index contributed by atoms with van der Waals surface area (Å²) < 4.78 is 0. The molecule has 0 spiro atoms. The molecule has 0 aliphatic heterocycles. The normalized spacial score (nSPS) is 16.9. The lowest BCUT2D eigenvalue weighted by Gasteiger charge is -2.37. The number of nitro groups is 1. The number of carboxylic acid groups (broad SMARTS) is 1. The minimum absolute atomic E-state index is 0.0817. The first-order valence-corrected chi connectivity index (χ1v) is 5.99. The van der Waals surface area contributed by atoms with E-state index in [2.05, 4.69) is 0 Å². The molecule has 1 aliphatic rings. The van der Waals surface area contributed by atoms with Gasteiger partial charge in [0.15, 0.2) is 0 Å². The Morgan fingerprint density at radius 3 is 2.56 bits per heavy atom. The number of nitrogens with zero attached hydrogens (tertiary/aromatic N) is 1. The van der Waals surface area contributed by atoms with Crippen molar-refractivity contribution in [3.63, 3.8) is 0 Å². The molecular weight excluding hydrogens is 258 g/mol. The lowest BCUT2D eigenvalue weighted by molar-refractivity contribution is -0.384. The van der Waals surface area contributed by atoms with Crippen LogP contribution in [0.1, 0.15) is 24.8 Å². The van der Waals surface area contributed by atoms with E-state index in [1.807, 2.05) is 0 Å². The maximum absolute atomic E-state index is 11.2. The molecule has 2 rings (SSSR count). The van der Waals surface area contributed by atoms with Crippen molar-refractivity contribution in [2.75, 3.05) is 0 Å². The van der Waals surface area contributed by atoms with Crippen molar-refractivity contribution in [2.24, 2.45) is 5.41 Å². The van der Waals surface area contributed by atoms with Crippen molar-refractivity contribution in [1.29, 1.82) is 0 Å². The number of nitro benzene ring substituents is 1. The minimum Gasteiger partial charge on any atom is -0.481 e. The van der Waals surface area contributed by atoms with Crippen molar-refractivity contribution in [2.45, 2.75) is 25.7 Å². The van der Waals surface area contributed by atoms with Crippen LogP contribution >= 0.6 is 11.6 Å². The number of carbonyl (C=O) groups is 1. The topological polar surface area (TPSA) is 80.4 Å². The Kier molecular flexibility index (Phi) is 3.26. The number of aliphatic carboxylic acids is 1. The second-order valence-electron chi connectivity index (χ2n) is 4.65. The number of hydrogen-bond donors (Lipinski definition) is 1. The molecule has 18 heavy (non-hydrogen) atoms. The van der Waals surface area contributed by atoms with Gasteiger partial charge in [0, 0.05) is 12.1 Å². The van der Waals surface area contributed by atoms with Crippen molar-refractivity contribution >= 4 is 23.3 Å². The molecule has 0 saturated heterocycles. The maximum Gasteiger partial charge on any atom is 0.309 e. The fraction of sp³-hybridized carbons (Fsp3) is 0.417. The van der Waals surface area contributed by atoms with Crippen LogP contribution in [0.15, 0.2) is 18.2 Å². The minimum atomic E-state index is -0.817. The fourth-order valence-electron chi connectivity index (χ4n) is 2.23. The van der Waals surface area contributed by atoms with Crippen molar-refractivity contribution in [3.05, 3.63) is 38.9 Å². The third kappa shape index (κ3) is 2.18. The number of carboxylic acids is 1. The zero-order valence-corrected chi connectivity index (χ0v) is 10.3. The fourth-order valence-corrected chi connectivity index (χ4v) is 2.47. The van der Waals surface area contributed by atoms with Gasteiger partial charge in [-0.15, -0.1) is 0 Å². The second kappa shape index (κ2) is 4.57. The molecule has 0 radical (unpaired) electrons. The van der Waals surface area contributed by atoms with Gasteiger partial charge in [-0.05, 0) is 24.8 Å². The molecular formula is C12H12ClNO4. The monoisotopic (exact) mass is 269 g/mol. The maximum atomic E-state index is 11.2. The highest BCUT2D eigenvalue weighted by Crippen LogP contribution is 2.45. The van der Waals surface area contributed by atoms with Gasteiger partial charge in [0.05, 0.1) is 15.4 Å². The van der Waals surface area contributed by atoms with Crippen LogP contribution in [-0.2, 0) is 11.2 Å². The Labute approximate surface area is 109 Å². The lowest BCUT2D eigenvalue weighted by Crippen LogP contribution is -2.39. The lowest BCUT2D eigenvalue weighted by atomic mass is 9.65. The summed E-state index contributed by atoms with van der Waals surface area (Å²) in [5.41, 5.74) is -0.161. The summed E-state index contributed by atoms with van der Waals surface area (Å²) in [4.78, 5) is 21.3. The molecule has 96 valence electrons. The molecule has 1 N–H and O–H groups in total. The molecule has 5 nitrogen and oxygen atoms in total. The molecule has 1 saturated carbocycles. The summed E-state index contributed by atoms with van der Waals surface area (Å²) in [5.74, 6) is -0.817. The van der Waals surface area contributed by atoms with Gasteiger partial charge in [-0.25, -0.2) is 0 Å².